The summed E-state index contributed by atoms with van der Waals surface area (Å²) in [4.78, 5) is 23.5. The van der Waals surface area contributed by atoms with Gasteiger partial charge in [0.2, 0.25) is 5.91 Å². The van der Waals surface area contributed by atoms with Gasteiger partial charge < -0.3 is 20.5 Å². The van der Waals surface area contributed by atoms with Gasteiger partial charge in [-0.2, -0.15) is 0 Å². The van der Waals surface area contributed by atoms with Crippen LogP contribution in [0.4, 0.5) is 0 Å². The molecule has 0 aliphatic carbocycles. The fourth-order valence-electron chi connectivity index (χ4n) is 2.05. The van der Waals surface area contributed by atoms with E-state index in [9.17, 15) is 9.59 Å². The van der Waals surface area contributed by atoms with Crippen LogP contribution in [0, 0.1) is 5.92 Å². The van der Waals surface area contributed by atoms with Gasteiger partial charge in [0.05, 0.1) is 19.1 Å². The number of nitrogens with two attached hydrogens (primary N) is 1. The molecule has 0 aromatic carbocycles. The summed E-state index contributed by atoms with van der Waals surface area (Å²) in [5.41, 5.74) is 5.23. The van der Waals surface area contributed by atoms with Gasteiger partial charge in [0, 0.05) is 25.6 Å². The number of carbonyl (C=O) groups is 2. The fraction of sp³-hybridized carbons (Fsp3) is 0.833. The van der Waals surface area contributed by atoms with Crippen LogP contribution in [0.1, 0.15) is 26.2 Å². The Morgan fingerprint density at radius 3 is 2.56 bits per heavy atom. The third-order valence-corrected chi connectivity index (χ3v) is 3.22. The van der Waals surface area contributed by atoms with Crippen LogP contribution in [0.5, 0.6) is 0 Å². The fourth-order valence-corrected chi connectivity index (χ4v) is 2.05. The van der Waals surface area contributed by atoms with E-state index in [-0.39, 0.29) is 31.0 Å². The Labute approximate surface area is 107 Å². The van der Waals surface area contributed by atoms with Crippen molar-refractivity contribution in [1.82, 2.24) is 4.90 Å². The van der Waals surface area contributed by atoms with Gasteiger partial charge >= 0.3 is 5.97 Å². The zero-order chi connectivity index (χ0) is 13.5. The lowest BCUT2D eigenvalue weighted by molar-refractivity contribution is -0.138. The number of hydrogen-bond donors (Lipinski definition) is 2. The van der Waals surface area contributed by atoms with Crippen molar-refractivity contribution in [1.29, 1.82) is 0 Å². The second-order valence-corrected chi connectivity index (χ2v) is 4.82. The first-order valence-electron chi connectivity index (χ1n) is 6.34. The van der Waals surface area contributed by atoms with Crippen LogP contribution in [0.15, 0.2) is 0 Å². The number of carboxylic acid groups (broad SMARTS) is 1. The van der Waals surface area contributed by atoms with Crippen LogP contribution in [0.25, 0.3) is 0 Å². The van der Waals surface area contributed by atoms with E-state index < -0.39 is 5.97 Å². The molecule has 0 spiro atoms. The molecule has 6 heteroatoms. The van der Waals surface area contributed by atoms with E-state index in [0.717, 1.165) is 25.9 Å². The number of likely N-dealkylation sites (tertiary alicyclic amines) is 1. The molecular formula is C12H22N2O4. The van der Waals surface area contributed by atoms with Gasteiger partial charge in [0.25, 0.3) is 0 Å². The third-order valence-electron chi connectivity index (χ3n) is 3.22. The number of amides is 1. The molecule has 1 heterocycles. The Hall–Kier alpha value is -1.14. The van der Waals surface area contributed by atoms with Crippen molar-refractivity contribution < 1.29 is 19.4 Å². The van der Waals surface area contributed by atoms with Crippen molar-refractivity contribution in [2.75, 3.05) is 26.2 Å². The van der Waals surface area contributed by atoms with E-state index in [1.165, 1.54) is 0 Å². The van der Waals surface area contributed by atoms with Crippen LogP contribution in [-0.4, -0.2) is 54.2 Å². The molecule has 0 aromatic rings. The highest BCUT2D eigenvalue weighted by Crippen LogP contribution is 2.15. The zero-order valence-corrected chi connectivity index (χ0v) is 10.8. The van der Waals surface area contributed by atoms with Crippen molar-refractivity contribution >= 4 is 11.9 Å². The Balaban J connectivity index is 2.16. The average molecular weight is 258 g/mol. The molecular weight excluding hydrogens is 236 g/mol. The molecule has 3 N–H and O–H groups in total. The summed E-state index contributed by atoms with van der Waals surface area (Å²) in [7, 11) is 0. The maximum absolute atomic E-state index is 11.0. The summed E-state index contributed by atoms with van der Waals surface area (Å²) in [5.74, 6) is -1.23. The van der Waals surface area contributed by atoms with Crippen LogP contribution < -0.4 is 5.73 Å². The van der Waals surface area contributed by atoms with E-state index in [2.05, 4.69) is 4.90 Å². The molecule has 1 unspecified atom stereocenters. The van der Waals surface area contributed by atoms with Crippen LogP contribution in [-0.2, 0) is 14.3 Å². The minimum Gasteiger partial charge on any atom is -0.481 e. The number of piperidine rings is 1. The minimum atomic E-state index is -0.831. The SMILES string of the molecule is CC(CN1CCC(OCCC(=O)O)CC1)C(N)=O. The molecule has 1 fully saturated rings. The highest BCUT2D eigenvalue weighted by atomic mass is 16.5. The quantitative estimate of drug-likeness (QED) is 0.673. The van der Waals surface area contributed by atoms with E-state index >= 15 is 0 Å². The zero-order valence-electron chi connectivity index (χ0n) is 10.8. The monoisotopic (exact) mass is 258 g/mol. The summed E-state index contributed by atoms with van der Waals surface area (Å²) >= 11 is 0. The third kappa shape index (κ3) is 5.46. The van der Waals surface area contributed by atoms with Gasteiger partial charge in [-0.05, 0) is 12.8 Å². The molecule has 0 bridgehead atoms. The van der Waals surface area contributed by atoms with E-state index in [4.69, 9.17) is 15.6 Å². The maximum atomic E-state index is 11.0. The Morgan fingerprint density at radius 1 is 1.44 bits per heavy atom. The lowest BCUT2D eigenvalue weighted by Crippen LogP contribution is -2.41. The topological polar surface area (TPSA) is 92.9 Å². The second kappa shape index (κ2) is 7.33. The normalized spacial score (nSPS) is 19.6. The van der Waals surface area contributed by atoms with Gasteiger partial charge in [0.1, 0.15) is 0 Å². The predicted octanol–water partition coefficient (Wildman–Crippen LogP) is 0.0635. The molecule has 6 nitrogen and oxygen atoms in total. The van der Waals surface area contributed by atoms with Gasteiger partial charge in [0.15, 0.2) is 0 Å². The lowest BCUT2D eigenvalue weighted by Gasteiger charge is -2.32. The summed E-state index contributed by atoms with van der Waals surface area (Å²) < 4.78 is 5.50. The van der Waals surface area contributed by atoms with E-state index in [1.54, 1.807) is 0 Å². The molecule has 1 aliphatic rings. The summed E-state index contributed by atoms with van der Waals surface area (Å²) in [6, 6.07) is 0. The Morgan fingerprint density at radius 2 is 2.06 bits per heavy atom. The summed E-state index contributed by atoms with van der Waals surface area (Å²) in [6.07, 6.45) is 1.96. The standard InChI is InChI=1S/C12H22N2O4/c1-9(12(13)17)8-14-5-2-10(3-6-14)18-7-4-11(15)16/h9-10H,2-8H2,1H3,(H2,13,17)(H,15,16). The highest BCUT2D eigenvalue weighted by molar-refractivity contribution is 5.76. The van der Waals surface area contributed by atoms with Crippen molar-refractivity contribution in [2.24, 2.45) is 11.7 Å². The Kier molecular flexibility index (Phi) is 6.07. The molecule has 1 rings (SSSR count). The lowest BCUT2D eigenvalue weighted by atomic mass is 10.1. The molecule has 18 heavy (non-hydrogen) atoms. The Bertz CT molecular complexity index is 288. The molecule has 0 aromatic heterocycles. The highest BCUT2D eigenvalue weighted by Gasteiger charge is 2.22. The van der Waals surface area contributed by atoms with Gasteiger partial charge in [-0.1, -0.05) is 6.92 Å². The number of carbonyl (C=O) groups excluding carboxylic acids is 1. The summed E-state index contributed by atoms with van der Waals surface area (Å²) in [6.45, 7) is 4.54. The first-order valence-corrected chi connectivity index (χ1v) is 6.34. The number of hydrogen-bond acceptors (Lipinski definition) is 4. The minimum absolute atomic E-state index is 0.0545. The van der Waals surface area contributed by atoms with Crippen LogP contribution >= 0.6 is 0 Å². The number of rotatable bonds is 7. The molecule has 1 saturated heterocycles. The molecule has 0 saturated carbocycles. The molecule has 104 valence electrons. The first kappa shape index (κ1) is 14.9. The van der Waals surface area contributed by atoms with Crippen molar-refractivity contribution in [3.63, 3.8) is 0 Å². The number of carboxylic acids is 1. The van der Waals surface area contributed by atoms with Crippen LogP contribution in [0.2, 0.25) is 0 Å². The second-order valence-electron chi connectivity index (χ2n) is 4.82. The molecule has 1 atom stereocenters. The van der Waals surface area contributed by atoms with Crippen molar-refractivity contribution in [2.45, 2.75) is 32.3 Å². The van der Waals surface area contributed by atoms with E-state index in [1.807, 2.05) is 6.92 Å². The average Bonchev–Trinajstić information content (AvgIpc) is 2.30. The smallest absolute Gasteiger partial charge is 0.305 e. The maximum Gasteiger partial charge on any atom is 0.305 e. The van der Waals surface area contributed by atoms with Gasteiger partial charge in [-0.3, -0.25) is 9.59 Å². The first-order chi connectivity index (χ1) is 8.49. The predicted molar refractivity (Wildman–Crippen MR) is 66.0 cm³/mol. The molecule has 0 radical (unpaired) electrons. The number of primary amides is 1. The van der Waals surface area contributed by atoms with Crippen LogP contribution in [0.3, 0.4) is 0 Å². The summed E-state index contributed by atoms with van der Waals surface area (Å²) in [5, 5.41) is 8.50. The van der Waals surface area contributed by atoms with Crippen molar-refractivity contribution in [3.05, 3.63) is 0 Å². The number of aliphatic carboxylic acids is 1. The van der Waals surface area contributed by atoms with Crippen molar-refractivity contribution in [3.8, 4) is 0 Å². The van der Waals surface area contributed by atoms with Gasteiger partial charge in [-0.15, -0.1) is 0 Å². The van der Waals surface area contributed by atoms with E-state index in [0.29, 0.717) is 6.54 Å². The molecule has 1 amide bonds. The van der Waals surface area contributed by atoms with Gasteiger partial charge in [-0.25, -0.2) is 0 Å². The molecule has 1 aliphatic heterocycles. The largest absolute Gasteiger partial charge is 0.481 e. The number of ether oxygens (including phenoxy) is 1. The number of nitrogens with zero attached hydrogens (tertiary/aromatic N) is 1.